The number of hydrogen-bond acceptors (Lipinski definition) is 2. The predicted molar refractivity (Wildman–Crippen MR) is 116 cm³/mol. The van der Waals surface area contributed by atoms with E-state index in [1.807, 2.05) is 18.9 Å². The molecule has 1 spiro atoms. The minimum absolute atomic E-state index is 0.0993. The van der Waals surface area contributed by atoms with E-state index in [-0.39, 0.29) is 17.4 Å². The van der Waals surface area contributed by atoms with Crippen LogP contribution in [0.25, 0.3) is 0 Å². The highest BCUT2D eigenvalue weighted by Gasteiger charge is 2.51. The zero-order chi connectivity index (χ0) is 20.8. The molecule has 4 rings (SSSR count). The lowest BCUT2D eigenvalue weighted by atomic mass is 9.55. The zero-order valence-electron chi connectivity index (χ0n) is 18.5. The molecule has 0 N–H and O–H groups in total. The van der Waals surface area contributed by atoms with Crippen LogP contribution in [0.5, 0.6) is 0 Å². The van der Waals surface area contributed by atoms with Crippen LogP contribution in [0.4, 0.5) is 0 Å². The molecule has 1 aliphatic heterocycles. The van der Waals surface area contributed by atoms with Crippen molar-refractivity contribution in [3.05, 3.63) is 35.4 Å². The highest BCUT2D eigenvalue weighted by molar-refractivity contribution is 5.82. The van der Waals surface area contributed by atoms with Crippen LogP contribution in [0.1, 0.15) is 75.8 Å². The summed E-state index contributed by atoms with van der Waals surface area (Å²) in [7, 11) is 1.89. The Morgan fingerprint density at radius 1 is 1.10 bits per heavy atom. The number of rotatable bonds is 4. The van der Waals surface area contributed by atoms with Gasteiger partial charge in [-0.25, -0.2) is 0 Å². The van der Waals surface area contributed by atoms with Gasteiger partial charge in [-0.15, -0.1) is 0 Å². The molecule has 0 unspecified atom stereocenters. The molecule has 2 amide bonds. The molecular formula is C25H36N2O2. The van der Waals surface area contributed by atoms with Crippen molar-refractivity contribution in [2.45, 2.75) is 77.2 Å². The van der Waals surface area contributed by atoms with E-state index in [9.17, 15) is 9.59 Å². The number of piperidine rings is 1. The Morgan fingerprint density at radius 2 is 1.72 bits per heavy atom. The summed E-state index contributed by atoms with van der Waals surface area (Å²) in [4.78, 5) is 29.0. The fourth-order valence-corrected chi connectivity index (χ4v) is 6.11. The fourth-order valence-electron chi connectivity index (χ4n) is 6.11. The quantitative estimate of drug-likeness (QED) is 0.751. The molecule has 29 heavy (non-hydrogen) atoms. The lowest BCUT2D eigenvalue weighted by Crippen LogP contribution is -2.60. The lowest BCUT2D eigenvalue weighted by molar-refractivity contribution is -0.154. The Kier molecular flexibility index (Phi) is 5.25. The first-order valence-electron chi connectivity index (χ1n) is 11.4. The number of aryl methyl sites for hydroxylation is 1. The molecule has 0 atom stereocenters. The van der Waals surface area contributed by atoms with Gasteiger partial charge in [0.2, 0.25) is 11.8 Å². The third kappa shape index (κ3) is 3.60. The van der Waals surface area contributed by atoms with Gasteiger partial charge in [0.25, 0.3) is 0 Å². The van der Waals surface area contributed by atoms with Crippen LogP contribution in [0.15, 0.2) is 24.3 Å². The second kappa shape index (κ2) is 7.45. The summed E-state index contributed by atoms with van der Waals surface area (Å²) in [6.45, 7) is 8.07. The van der Waals surface area contributed by atoms with Crippen LogP contribution in [-0.4, -0.2) is 47.3 Å². The van der Waals surface area contributed by atoms with Crippen molar-refractivity contribution >= 4 is 11.8 Å². The molecule has 158 valence electrons. The third-order valence-corrected chi connectivity index (χ3v) is 8.33. The second-order valence-electron chi connectivity index (χ2n) is 10.2. The van der Waals surface area contributed by atoms with Crippen LogP contribution in [0, 0.1) is 18.3 Å². The standard InChI is InChI=1S/C25H36N2O2/c1-5-22(28)26(4)24(3)14-20(15-24)23(29)27-12-10-25(11-13-27)16-19(17-25)21-9-7-6-8-18(21)2/h6-9,19-20H,5,10-17H2,1-4H3/t20-,24+. The maximum Gasteiger partial charge on any atom is 0.225 e. The van der Waals surface area contributed by atoms with Crippen LogP contribution in [-0.2, 0) is 9.59 Å². The molecule has 3 aliphatic rings. The van der Waals surface area contributed by atoms with E-state index in [2.05, 4.69) is 43.0 Å². The fraction of sp³-hybridized carbons (Fsp3) is 0.680. The van der Waals surface area contributed by atoms with E-state index >= 15 is 0 Å². The molecule has 1 saturated heterocycles. The third-order valence-electron chi connectivity index (χ3n) is 8.33. The van der Waals surface area contributed by atoms with E-state index in [0.717, 1.165) is 38.8 Å². The highest BCUT2D eigenvalue weighted by Crippen LogP contribution is 2.57. The van der Waals surface area contributed by atoms with Gasteiger partial charge >= 0.3 is 0 Å². The van der Waals surface area contributed by atoms with Crippen molar-refractivity contribution in [1.29, 1.82) is 0 Å². The average Bonchev–Trinajstić information content (AvgIpc) is 2.68. The van der Waals surface area contributed by atoms with E-state index in [4.69, 9.17) is 0 Å². The molecule has 1 heterocycles. The Balaban J connectivity index is 1.26. The number of likely N-dealkylation sites (tertiary alicyclic amines) is 1. The Hall–Kier alpha value is -1.84. The number of carbonyl (C=O) groups is 2. The summed E-state index contributed by atoms with van der Waals surface area (Å²) in [5, 5.41) is 0. The smallest absolute Gasteiger partial charge is 0.225 e. The maximum atomic E-state index is 13.0. The minimum atomic E-state index is -0.140. The van der Waals surface area contributed by atoms with Gasteiger partial charge in [0.15, 0.2) is 0 Å². The topological polar surface area (TPSA) is 40.6 Å². The van der Waals surface area contributed by atoms with Gasteiger partial charge < -0.3 is 9.80 Å². The molecule has 1 aromatic rings. The van der Waals surface area contributed by atoms with E-state index in [1.54, 1.807) is 0 Å². The van der Waals surface area contributed by atoms with E-state index < -0.39 is 0 Å². The van der Waals surface area contributed by atoms with Crippen molar-refractivity contribution < 1.29 is 9.59 Å². The zero-order valence-corrected chi connectivity index (χ0v) is 18.5. The lowest BCUT2D eigenvalue weighted by Gasteiger charge is -2.55. The SMILES string of the molecule is CCC(=O)N(C)[C@]1(C)C[C@H](C(=O)N2CCC3(CC2)CC(c2ccccc2C)C3)C1. The van der Waals surface area contributed by atoms with Crippen LogP contribution < -0.4 is 0 Å². The second-order valence-corrected chi connectivity index (χ2v) is 10.2. The predicted octanol–water partition coefficient (Wildman–Crippen LogP) is 4.52. The molecule has 4 heteroatoms. The van der Waals surface area contributed by atoms with Crippen LogP contribution in [0.2, 0.25) is 0 Å². The highest BCUT2D eigenvalue weighted by atomic mass is 16.2. The van der Waals surface area contributed by atoms with Gasteiger partial charge in [-0.3, -0.25) is 9.59 Å². The van der Waals surface area contributed by atoms with Crippen molar-refractivity contribution in [3.63, 3.8) is 0 Å². The number of benzene rings is 1. The van der Waals surface area contributed by atoms with Crippen molar-refractivity contribution in [2.24, 2.45) is 11.3 Å². The van der Waals surface area contributed by atoms with Crippen LogP contribution >= 0.6 is 0 Å². The van der Waals surface area contributed by atoms with Gasteiger partial charge in [0.05, 0.1) is 0 Å². The van der Waals surface area contributed by atoms with Gasteiger partial charge in [-0.2, -0.15) is 0 Å². The van der Waals surface area contributed by atoms with Gasteiger partial charge in [-0.05, 0) is 74.8 Å². The first kappa shape index (κ1) is 20.4. The maximum absolute atomic E-state index is 13.0. The average molecular weight is 397 g/mol. The molecular weight excluding hydrogens is 360 g/mol. The normalized spacial score (nSPS) is 28.6. The molecule has 3 fully saturated rings. The summed E-state index contributed by atoms with van der Waals surface area (Å²) in [6.07, 6.45) is 7.02. The first-order valence-corrected chi connectivity index (χ1v) is 11.4. The van der Waals surface area contributed by atoms with Crippen molar-refractivity contribution in [2.75, 3.05) is 20.1 Å². The number of nitrogens with zero attached hydrogens (tertiary/aromatic N) is 2. The number of carbonyl (C=O) groups excluding carboxylic acids is 2. The van der Waals surface area contributed by atoms with Gasteiger partial charge in [0.1, 0.15) is 0 Å². The largest absolute Gasteiger partial charge is 0.342 e. The molecule has 0 aromatic heterocycles. The Bertz CT molecular complexity index is 780. The summed E-state index contributed by atoms with van der Waals surface area (Å²) in [5.41, 5.74) is 3.26. The first-order chi connectivity index (χ1) is 13.8. The molecule has 1 aromatic carbocycles. The number of amides is 2. The Labute approximate surface area is 175 Å². The van der Waals surface area contributed by atoms with Crippen LogP contribution in [0.3, 0.4) is 0 Å². The molecule has 0 bridgehead atoms. The summed E-state index contributed by atoms with van der Waals surface area (Å²) < 4.78 is 0. The molecule has 2 saturated carbocycles. The monoisotopic (exact) mass is 396 g/mol. The molecule has 0 radical (unpaired) electrons. The minimum Gasteiger partial charge on any atom is -0.342 e. The summed E-state index contributed by atoms with van der Waals surface area (Å²) >= 11 is 0. The number of hydrogen-bond donors (Lipinski definition) is 0. The molecule has 4 nitrogen and oxygen atoms in total. The molecule has 2 aliphatic carbocycles. The van der Waals surface area contributed by atoms with E-state index in [0.29, 0.717) is 23.7 Å². The Morgan fingerprint density at radius 3 is 2.31 bits per heavy atom. The van der Waals surface area contributed by atoms with Crippen molar-refractivity contribution in [1.82, 2.24) is 9.80 Å². The van der Waals surface area contributed by atoms with Gasteiger partial charge in [-0.1, -0.05) is 31.2 Å². The summed E-state index contributed by atoms with van der Waals surface area (Å²) in [5.74, 6) is 1.30. The van der Waals surface area contributed by atoms with Crippen molar-refractivity contribution in [3.8, 4) is 0 Å². The van der Waals surface area contributed by atoms with Gasteiger partial charge in [0, 0.05) is 38.0 Å². The summed E-state index contributed by atoms with van der Waals surface area (Å²) in [6, 6.07) is 8.80. The van der Waals surface area contributed by atoms with E-state index in [1.165, 1.54) is 24.0 Å².